The van der Waals surface area contributed by atoms with Crippen LogP contribution in [0.3, 0.4) is 0 Å². The molecule has 0 saturated heterocycles. The maximum atomic E-state index is 13.6. The van der Waals surface area contributed by atoms with Gasteiger partial charge >= 0.3 is 0 Å². The van der Waals surface area contributed by atoms with Crippen LogP contribution in [0.4, 0.5) is 0 Å². The Kier molecular flexibility index (Phi) is 6.60. The van der Waals surface area contributed by atoms with Crippen LogP contribution in [0, 0.1) is 5.92 Å². The van der Waals surface area contributed by atoms with E-state index >= 15 is 0 Å². The number of nitrogens with zero attached hydrogens (tertiary/aromatic N) is 3. The van der Waals surface area contributed by atoms with Gasteiger partial charge in [-0.15, -0.1) is 0 Å². The highest BCUT2D eigenvalue weighted by atomic mass is 16.2. The lowest BCUT2D eigenvalue weighted by molar-refractivity contribution is 0.0679. The van der Waals surface area contributed by atoms with Crippen molar-refractivity contribution in [3.05, 3.63) is 96.4 Å². The van der Waals surface area contributed by atoms with Gasteiger partial charge in [0.1, 0.15) is 5.82 Å². The molecule has 162 valence electrons. The Balaban J connectivity index is 1.54. The molecule has 1 heterocycles. The number of para-hydroxylation sites is 1. The van der Waals surface area contributed by atoms with Crippen molar-refractivity contribution < 1.29 is 4.79 Å². The van der Waals surface area contributed by atoms with Crippen molar-refractivity contribution in [1.29, 1.82) is 0 Å². The zero-order chi connectivity index (χ0) is 22.5. The summed E-state index contributed by atoms with van der Waals surface area (Å²) in [5, 5.41) is 1.04. The molecule has 4 heteroatoms. The van der Waals surface area contributed by atoms with Gasteiger partial charge in [0.05, 0.1) is 5.52 Å². The normalized spacial score (nSPS) is 12.1. The Labute approximate surface area is 190 Å². The third kappa shape index (κ3) is 4.70. The van der Waals surface area contributed by atoms with E-state index in [0.29, 0.717) is 5.92 Å². The molecule has 0 aliphatic carbocycles. The fraction of sp³-hybridized carbons (Fsp3) is 0.250. The van der Waals surface area contributed by atoms with E-state index in [4.69, 9.17) is 4.98 Å². The predicted octanol–water partition coefficient (Wildman–Crippen LogP) is 6.03. The van der Waals surface area contributed by atoms with Crippen molar-refractivity contribution in [2.24, 2.45) is 5.92 Å². The number of hydrogen-bond donors (Lipinski definition) is 0. The predicted molar refractivity (Wildman–Crippen MR) is 130 cm³/mol. The molecule has 4 aromatic rings. The van der Waals surface area contributed by atoms with Crippen LogP contribution in [0.25, 0.3) is 22.0 Å². The fourth-order valence-corrected chi connectivity index (χ4v) is 4.26. The summed E-state index contributed by atoms with van der Waals surface area (Å²) >= 11 is 0. The van der Waals surface area contributed by atoms with Crippen LogP contribution >= 0.6 is 0 Å². The minimum atomic E-state index is 0.0441. The van der Waals surface area contributed by atoms with Crippen LogP contribution in [0.5, 0.6) is 0 Å². The Morgan fingerprint density at radius 3 is 2.38 bits per heavy atom. The van der Waals surface area contributed by atoms with Gasteiger partial charge in [-0.3, -0.25) is 4.79 Å². The Bertz CT molecular complexity index is 1200. The van der Waals surface area contributed by atoms with Gasteiger partial charge in [-0.1, -0.05) is 80.6 Å². The van der Waals surface area contributed by atoms with Crippen LogP contribution < -0.4 is 0 Å². The van der Waals surface area contributed by atoms with Crippen molar-refractivity contribution in [3.63, 3.8) is 0 Å². The zero-order valence-corrected chi connectivity index (χ0v) is 18.9. The van der Waals surface area contributed by atoms with Gasteiger partial charge in [-0.05, 0) is 35.6 Å². The molecule has 1 amide bonds. The molecule has 0 N–H and O–H groups in total. The molecule has 0 fully saturated rings. The summed E-state index contributed by atoms with van der Waals surface area (Å²) in [5.74, 6) is 1.18. The average Bonchev–Trinajstić information content (AvgIpc) is 2.84. The van der Waals surface area contributed by atoms with E-state index in [-0.39, 0.29) is 11.9 Å². The Morgan fingerprint density at radius 2 is 1.59 bits per heavy atom. The Morgan fingerprint density at radius 1 is 0.906 bits per heavy atom. The number of carbonyl (C=O) groups excluding carboxylic acids is 1. The van der Waals surface area contributed by atoms with Crippen LogP contribution in [0.1, 0.15) is 36.5 Å². The minimum absolute atomic E-state index is 0.0441. The van der Waals surface area contributed by atoms with Gasteiger partial charge in [-0.25, -0.2) is 9.97 Å². The zero-order valence-electron chi connectivity index (χ0n) is 18.9. The van der Waals surface area contributed by atoms with E-state index in [1.165, 1.54) is 0 Å². The molecule has 0 saturated carbocycles. The third-order valence-corrected chi connectivity index (χ3v) is 6.03. The number of aryl methyl sites for hydroxylation is 1. The van der Waals surface area contributed by atoms with Gasteiger partial charge in [0.15, 0.2) is 0 Å². The molecule has 32 heavy (non-hydrogen) atoms. The molecular weight excluding hydrogens is 394 g/mol. The lowest BCUT2D eigenvalue weighted by atomic mass is 9.94. The van der Waals surface area contributed by atoms with Gasteiger partial charge in [0.2, 0.25) is 0 Å². The Hall–Kier alpha value is -3.53. The van der Waals surface area contributed by atoms with Crippen LogP contribution in [0.15, 0.2) is 85.1 Å². The van der Waals surface area contributed by atoms with Crippen molar-refractivity contribution in [3.8, 4) is 11.1 Å². The van der Waals surface area contributed by atoms with Gasteiger partial charge in [0, 0.05) is 36.7 Å². The first-order valence-corrected chi connectivity index (χ1v) is 11.2. The number of amides is 1. The number of hydrogen-bond acceptors (Lipinski definition) is 3. The summed E-state index contributed by atoms with van der Waals surface area (Å²) in [6, 6.07) is 26.0. The summed E-state index contributed by atoms with van der Waals surface area (Å²) < 4.78 is 0. The smallest absolute Gasteiger partial charge is 0.254 e. The number of fused-ring (bicyclic) bond motifs is 1. The number of aromatic nitrogens is 2. The second-order valence-electron chi connectivity index (χ2n) is 8.52. The highest BCUT2D eigenvalue weighted by Gasteiger charge is 2.25. The van der Waals surface area contributed by atoms with E-state index in [1.54, 1.807) is 0 Å². The lowest BCUT2D eigenvalue weighted by Gasteiger charge is -2.32. The molecule has 4 rings (SSSR count). The SMILES string of the molecule is CC(C)[C@@H](CCc1ncc2ccccc2n1)N(C)C(=O)c1ccccc1-c1ccccc1. The van der Waals surface area contributed by atoms with E-state index < -0.39 is 0 Å². The summed E-state index contributed by atoms with van der Waals surface area (Å²) in [6.07, 6.45) is 3.42. The minimum Gasteiger partial charge on any atom is -0.338 e. The monoisotopic (exact) mass is 423 g/mol. The summed E-state index contributed by atoms with van der Waals surface area (Å²) in [4.78, 5) is 24.7. The molecule has 0 bridgehead atoms. The molecule has 1 atom stereocenters. The van der Waals surface area contributed by atoms with Crippen LogP contribution in [0.2, 0.25) is 0 Å². The molecule has 0 unspecified atom stereocenters. The fourth-order valence-electron chi connectivity index (χ4n) is 4.26. The summed E-state index contributed by atoms with van der Waals surface area (Å²) in [5.41, 5.74) is 3.70. The van der Waals surface area contributed by atoms with E-state index in [9.17, 15) is 4.79 Å². The largest absolute Gasteiger partial charge is 0.338 e. The van der Waals surface area contributed by atoms with E-state index in [2.05, 4.69) is 18.8 Å². The number of benzene rings is 3. The molecule has 0 spiro atoms. The molecule has 4 nitrogen and oxygen atoms in total. The van der Waals surface area contributed by atoms with Crippen LogP contribution in [-0.4, -0.2) is 33.9 Å². The third-order valence-electron chi connectivity index (χ3n) is 6.03. The molecule has 1 aromatic heterocycles. The highest BCUT2D eigenvalue weighted by molar-refractivity contribution is 6.00. The maximum Gasteiger partial charge on any atom is 0.254 e. The topological polar surface area (TPSA) is 46.1 Å². The molecule has 0 aliphatic rings. The quantitative estimate of drug-likeness (QED) is 0.365. The standard InChI is InChI=1S/C28H29N3O/c1-20(2)26(17-18-27-29-19-22-13-7-10-16-25(22)30-27)31(3)28(32)24-15-9-8-14-23(24)21-11-5-4-6-12-21/h4-16,19-20,26H,17-18H2,1-3H3/t26-/m1/s1. The number of rotatable bonds is 7. The highest BCUT2D eigenvalue weighted by Crippen LogP contribution is 2.26. The lowest BCUT2D eigenvalue weighted by Crippen LogP contribution is -2.41. The number of carbonyl (C=O) groups is 1. The average molecular weight is 424 g/mol. The van der Waals surface area contributed by atoms with Crippen molar-refractivity contribution in [1.82, 2.24) is 14.9 Å². The van der Waals surface area contributed by atoms with Crippen molar-refractivity contribution >= 4 is 16.8 Å². The van der Waals surface area contributed by atoms with E-state index in [0.717, 1.165) is 46.3 Å². The molecule has 3 aromatic carbocycles. The molecular formula is C28H29N3O. The molecule has 0 radical (unpaired) electrons. The van der Waals surface area contributed by atoms with E-state index in [1.807, 2.05) is 97.0 Å². The maximum absolute atomic E-state index is 13.6. The van der Waals surface area contributed by atoms with Crippen molar-refractivity contribution in [2.45, 2.75) is 32.7 Å². The van der Waals surface area contributed by atoms with Gasteiger partial charge in [0.25, 0.3) is 5.91 Å². The first-order valence-electron chi connectivity index (χ1n) is 11.2. The molecule has 0 aliphatic heterocycles. The first-order chi connectivity index (χ1) is 15.5. The van der Waals surface area contributed by atoms with Gasteiger partial charge in [-0.2, -0.15) is 0 Å². The second-order valence-corrected chi connectivity index (χ2v) is 8.52. The first kappa shape index (κ1) is 21.7. The van der Waals surface area contributed by atoms with Crippen molar-refractivity contribution in [2.75, 3.05) is 7.05 Å². The van der Waals surface area contributed by atoms with Gasteiger partial charge < -0.3 is 4.90 Å². The summed E-state index contributed by atoms with van der Waals surface area (Å²) in [6.45, 7) is 4.33. The van der Waals surface area contributed by atoms with Crippen LogP contribution in [-0.2, 0) is 6.42 Å². The second kappa shape index (κ2) is 9.73. The summed E-state index contributed by atoms with van der Waals surface area (Å²) in [7, 11) is 1.91.